The quantitative estimate of drug-likeness (QED) is 0.727. The molecular formula is C12H18N2O. The van der Waals surface area contributed by atoms with Gasteiger partial charge in [-0.3, -0.25) is 0 Å². The summed E-state index contributed by atoms with van der Waals surface area (Å²) >= 11 is 0. The van der Waals surface area contributed by atoms with Crippen LogP contribution in [0.4, 0.5) is 4.79 Å². The average molecular weight is 206 g/mol. The molecule has 3 nitrogen and oxygen atoms in total. The molecule has 2 amide bonds. The van der Waals surface area contributed by atoms with Crippen LogP contribution in [0.25, 0.3) is 0 Å². The number of benzene rings is 1. The van der Waals surface area contributed by atoms with Crippen LogP contribution in [0.2, 0.25) is 0 Å². The normalized spacial score (nSPS) is 9.87. The van der Waals surface area contributed by atoms with Gasteiger partial charge in [0, 0.05) is 27.7 Å². The minimum Gasteiger partial charge on any atom is -0.331 e. The van der Waals surface area contributed by atoms with Crippen molar-refractivity contribution in [3.8, 4) is 0 Å². The summed E-state index contributed by atoms with van der Waals surface area (Å²) in [5, 5.41) is 0. The molecule has 15 heavy (non-hydrogen) atoms. The second-order valence-corrected chi connectivity index (χ2v) is 4.02. The molecular weight excluding hydrogens is 188 g/mol. The summed E-state index contributed by atoms with van der Waals surface area (Å²) in [6, 6.07) is 8.22. The zero-order valence-corrected chi connectivity index (χ0v) is 9.82. The first-order chi connectivity index (χ1) is 7.00. The van der Waals surface area contributed by atoms with E-state index in [1.54, 1.807) is 23.9 Å². The van der Waals surface area contributed by atoms with Gasteiger partial charge in [-0.15, -0.1) is 0 Å². The fourth-order valence-electron chi connectivity index (χ4n) is 1.49. The monoisotopic (exact) mass is 206 g/mol. The van der Waals surface area contributed by atoms with E-state index in [0.717, 1.165) is 5.56 Å². The van der Waals surface area contributed by atoms with Crippen LogP contribution in [0.3, 0.4) is 0 Å². The van der Waals surface area contributed by atoms with Crippen molar-refractivity contribution in [1.82, 2.24) is 9.80 Å². The van der Waals surface area contributed by atoms with Crippen molar-refractivity contribution in [1.29, 1.82) is 0 Å². The van der Waals surface area contributed by atoms with Gasteiger partial charge in [0.1, 0.15) is 0 Å². The number of carbonyl (C=O) groups excluding carboxylic acids is 1. The van der Waals surface area contributed by atoms with E-state index in [9.17, 15) is 4.79 Å². The Bertz CT molecular complexity index is 347. The van der Waals surface area contributed by atoms with E-state index in [0.29, 0.717) is 6.54 Å². The third-order valence-electron chi connectivity index (χ3n) is 2.21. The van der Waals surface area contributed by atoms with Crippen LogP contribution >= 0.6 is 0 Å². The van der Waals surface area contributed by atoms with E-state index in [2.05, 4.69) is 19.1 Å². The van der Waals surface area contributed by atoms with Gasteiger partial charge in [0.25, 0.3) is 0 Å². The highest BCUT2D eigenvalue weighted by Crippen LogP contribution is 2.07. The summed E-state index contributed by atoms with van der Waals surface area (Å²) < 4.78 is 0. The van der Waals surface area contributed by atoms with Gasteiger partial charge < -0.3 is 9.80 Å². The van der Waals surface area contributed by atoms with Crippen molar-refractivity contribution in [3.63, 3.8) is 0 Å². The predicted octanol–water partition coefficient (Wildman–Crippen LogP) is 2.11. The van der Waals surface area contributed by atoms with Gasteiger partial charge in [0.2, 0.25) is 0 Å². The van der Waals surface area contributed by atoms with E-state index in [1.807, 2.05) is 19.2 Å². The van der Waals surface area contributed by atoms with E-state index in [-0.39, 0.29) is 6.03 Å². The van der Waals surface area contributed by atoms with E-state index in [1.165, 1.54) is 5.56 Å². The van der Waals surface area contributed by atoms with Crippen molar-refractivity contribution in [2.24, 2.45) is 0 Å². The Labute approximate surface area is 91.3 Å². The topological polar surface area (TPSA) is 23.6 Å². The number of amides is 2. The number of hydrogen-bond donors (Lipinski definition) is 0. The Morgan fingerprint density at radius 2 is 1.93 bits per heavy atom. The van der Waals surface area contributed by atoms with Crippen LogP contribution in [0.15, 0.2) is 24.3 Å². The standard InChI is InChI=1S/C12H18N2O/c1-10-6-5-7-11(8-10)9-14(4)12(15)13(2)3/h5-8H,9H2,1-4H3. The van der Waals surface area contributed by atoms with Gasteiger partial charge in [-0.1, -0.05) is 29.8 Å². The predicted molar refractivity (Wildman–Crippen MR) is 61.7 cm³/mol. The maximum Gasteiger partial charge on any atom is 0.319 e. The molecule has 0 aromatic heterocycles. The summed E-state index contributed by atoms with van der Waals surface area (Å²) in [6.07, 6.45) is 0. The summed E-state index contributed by atoms with van der Waals surface area (Å²) in [4.78, 5) is 14.9. The molecule has 0 saturated carbocycles. The molecule has 1 aromatic rings. The van der Waals surface area contributed by atoms with Crippen molar-refractivity contribution < 1.29 is 4.79 Å². The highest BCUT2D eigenvalue weighted by molar-refractivity contribution is 5.73. The van der Waals surface area contributed by atoms with Crippen LogP contribution in [-0.4, -0.2) is 37.0 Å². The number of hydrogen-bond acceptors (Lipinski definition) is 1. The summed E-state index contributed by atoms with van der Waals surface area (Å²) in [5.74, 6) is 0. The molecule has 0 N–H and O–H groups in total. The summed E-state index contributed by atoms with van der Waals surface area (Å²) in [6.45, 7) is 2.70. The largest absolute Gasteiger partial charge is 0.331 e. The van der Waals surface area contributed by atoms with E-state index in [4.69, 9.17) is 0 Å². The minimum atomic E-state index is 0.0245. The Morgan fingerprint density at radius 1 is 1.27 bits per heavy atom. The molecule has 0 atom stereocenters. The first-order valence-electron chi connectivity index (χ1n) is 4.98. The Morgan fingerprint density at radius 3 is 2.47 bits per heavy atom. The molecule has 0 aliphatic rings. The van der Waals surface area contributed by atoms with Crippen molar-refractivity contribution in [3.05, 3.63) is 35.4 Å². The van der Waals surface area contributed by atoms with Gasteiger partial charge >= 0.3 is 6.03 Å². The van der Waals surface area contributed by atoms with Gasteiger partial charge in [0.05, 0.1) is 0 Å². The van der Waals surface area contributed by atoms with E-state index < -0.39 is 0 Å². The molecule has 0 aliphatic heterocycles. The first-order valence-corrected chi connectivity index (χ1v) is 4.98. The molecule has 0 bridgehead atoms. The molecule has 1 aromatic carbocycles. The lowest BCUT2D eigenvalue weighted by Crippen LogP contribution is -2.35. The van der Waals surface area contributed by atoms with Crippen molar-refractivity contribution in [2.75, 3.05) is 21.1 Å². The Kier molecular flexibility index (Phi) is 3.72. The number of rotatable bonds is 2. The fraction of sp³-hybridized carbons (Fsp3) is 0.417. The lowest BCUT2D eigenvalue weighted by molar-refractivity contribution is 0.180. The maximum absolute atomic E-state index is 11.6. The van der Waals surface area contributed by atoms with Crippen molar-refractivity contribution >= 4 is 6.03 Å². The highest BCUT2D eigenvalue weighted by atomic mass is 16.2. The van der Waals surface area contributed by atoms with E-state index >= 15 is 0 Å². The molecule has 0 radical (unpaired) electrons. The maximum atomic E-state index is 11.6. The van der Waals surface area contributed by atoms with Crippen LogP contribution in [0.1, 0.15) is 11.1 Å². The van der Waals surface area contributed by atoms with Crippen LogP contribution in [-0.2, 0) is 6.54 Å². The Hall–Kier alpha value is -1.51. The molecule has 0 unspecified atom stereocenters. The minimum absolute atomic E-state index is 0.0245. The smallest absolute Gasteiger partial charge is 0.319 e. The highest BCUT2D eigenvalue weighted by Gasteiger charge is 2.10. The van der Waals surface area contributed by atoms with Gasteiger partial charge in [0.15, 0.2) is 0 Å². The molecule has 3 heteroatoms. The average Bonchev–Trinajstić information content (AvgIpc) is 2.16. The second kappa shape index (κ2) is 4.82. The molecule has 0 fully saturated rings. The van der Waals surface area contributed by atoms with Gasteiger partial charge in [-0.25, -0.2) is 4.79 Å². The van der Waals surface area contributed by atoms with Crippen LogP contribution < -0.4 is 0 Å². The summed E-state index contributed by atoms with van der Waals surface area (Å²) in [7, 11) is 5.33. The molecule has 0 spiro atoms. The van der Waals surface area contributed by atoms with Gasteiger partial charge in [-0.2, -0.15) is 0 Å². The number of urea groups is 1. The number of aryl methyl sites for hydroxylation is 1. The third kappa shape index (κ3) is 3.27. The molecule has 0 heterocycles. The number of carbonyl (C=O) groups is 1. The Balaban J connectivity index is 2.66. The zero-order valence-electron chi connectivity index (χ0n) is 9.82. The number of nitrogens with zero attached hydrogens (tertiary/aromatic N) is 2. The zero-order chi connectivity index (χ0) is 11.4. The van der Waals surface area contributed by atoms with Gasteiger partial charge in [-0.05, 0) is 12.5 Å². The van der Waals surface area contributed by atoms with Crippen LogP contribution in [0.5, 0.6) is 0 Å². The molecule has 0 saturated heterocycles. The summed E-state index contributed by atoms with van der Waals surface area (Å²) in [5.41, 5.74) is 2.38. The second-order valence-electron chi connectivity index (χ2n) is 4.02. The fourth-order valence-corrected chi connectivity index (χ4v) is 1.49. The lowest BCUT2D eigenvalue weighted by atomic mass is 10.1. The molecule has 1 rings (SSSR count). The SMILES string of the molecule is Cc1cccc(CN(C)C(=O)N(C)C)c1. The lowest BCUT2D eigenvalue weighted by Gasteiger charge is -2.21. The molecule has 82 valence electrons. The van der Waals surface area contributed by atoms with Crippen molar-refractivity contribution in [2.45, 2.75) is 13.5 Å². The molecule has 0 aliphatic carbocycles. The third-order valence-corrected chi connectivity index (χ3v) is 2.21. The van der Waals surface area contributed by atoms with Crippen LogP contribution in [0, 0.1) is 6.92 Å². The first kappa shape index (κ1) is 11.6.